The van der Waals surface area contributed by atoms with Crippen LogP contribution in [-0.2, 0) is 21.6 Å². The molecule has 1 aliphatic carbocycles. The molecule has 10 heteroatoms. The number of rotatable bonds is 7. The van der Waals surface area contributed by atoms with Gasteiger partial charge in [-0.1, -0.05) is 25.3 Å². The largest absolute Gasteiger partial charge is 0.465 e. The molecule has 1 saturated carbocycles. The molecule has 0 N–H and O–H groups in total. The van der Waals surface area contributed by atoms with Gasteiger partial charge in [-0.15, -0.1) is 11.6 Å². The molecule has 0 saturated heterocycles. The summed E-state index contributed by atoms with van der Waals surface area (Å²) in [6, 6.07) is 4.67. The van der Waals surface area contributed by atoms with Gasteiger partial charge in [-0.2, -0.15) is 13.2 Å². The van der Waals surface area contributed by atoms with E-state index in [-0.39, 0.29) is 34.5 Å². The van der Waals surface area contributed by atoms with Gasteiger partial charge in [0.15, 0.2) is 11.6 Å². The molecule has 1 aliphatic rings. The number of nitrogens with zero attached hydrogens (tertiary/aromatic N) is 1. The Morgan fingerprint density at radius 3 is 2.31 bits per heavy atom. The molecule has 0 radical (unpaired) electrons. The Morgan fingerprint density at radius 2 is 1.75 bits per heavy atom. The number of halogens is 5. The maximum Gasteiger partial charge on any atom is 0.419 e. The highest BCUT2D eigenvalue weighted by Crippen LogP contribution is 2.41. The van der Waals surface area contributed by atoms with Crippen LogP contribution in [-0.4, -0.2) is 25.0 Å². The molecular formula is C26H28ClF4NO4. The molecule has 1 amide bonds. The highest BCUT2D eigenvalue weighted by atomic mass is 35.5. The van der Waals surface area contributed by atoms with Crippen LogP contribution in [0.1, 0.15) is 67.4 Å². The van der Waals surface area contributed by atoms with Gasteiger partial charge in [0, 0.05) is 30.0 Å². The first-order chi connectivity index (χ1) is 17.0. The van der Waals surface area contributed by atoms with E-state index in [1.54, 1.807) is 13.8 Å². The zero-order valence-corrected chi connectivity index (χ0v) is 21.0. The van der Waals surface area contributed by atoms with Crippen LogP contribution in [0, 0.1) is 11.7 Å². The lowest BCUT2D eigenvalue weighted by Crippen LogP contribution is -2.42. The molecule has 0 heterocycles. The number of ether oxygens (including phenoxy) is 2. The average Bonchev–Trinajstić information content (AvgIpc) is 2.85. The Bertz CT molecular complexity index is 1110. The molecule has 3 rings (SSSR count). The second-order valence-electron chi connectivity index (χ2n) is 8.99. The lowest BCUT2D eigenvalue weighted by molar-refractivity contribution is -0.138. The summed E-state index contributed by atoms with van der Waals surface area (Å²) in [4.78, 5) is 27.4. The Balaban J connectivity index is 2.09. The Labute approximate surface area is 212 Å². The van der Waals surface area contributed by atoms with Gasteiger partial charge in [-0.05, 0) is 44.4 Å². The van der Waals surface area contributed by atoms with Crippen LogP contribution in [0.5, 0.6) is 11.5 Å². The first kappa shape index (κ1) is 27.8. The van der Waals surface area contributed by atoms with Crippen molar-refractivity contribution in [1.82, 2.24) is 0 Å². The first-order valence-electron chi connectivity index (χ1n) is 11.7. The summed E-state index contributed by atoms with van der Waals surface area (Å²) in [5, 5.41) is 0. The summed E-state index contributed by atoms with van der Waals surface area (Å²) in [6.45, 7) is 3.47. The highest BCUT2D eigenvalue weighted by molar-refractivity contribution is 6.17. The van der Waals surface area contributed by atoms with Gasteiger partial charge in [0.1, 0.15) is 5.75 Å². The molecule has 0 unspecified atom stereocenters. The topological polar surface area (TPSA) is 55.8 Å². The molecule has 0 spiro atoms. The average molecular weight is 530 g/mol. The number of esters is 1. The van der Waals surface area contributed by atoms with Crippen LogP contribution < -0.4 is 9.64 Å². The van der Waals surface area contributed by atoms with Crippen molar-refractivity contribution in [3.05, 3.63) is 52.8 Å². The zero-order chi connectivity index (χ0) is 26.6. The third-order valence-electron chi connectivity index (χ3n) is 6.15. The molecule has 1 fully saturated rings. The molecule has 5 nitrogen and oxygen atoms in total. The second kappa shape index (κ2) is 11.5. The number of benzene rings is 2. The van der Waals surface area contributed by atoms with E-state index in [4.69, 9.17) is 21.1 Å². The summed E-state index contributed by atoms with van der Waals surface area (Å²) in [6.07, 6.45) is -0.574. The second-order valence-corrected chi connectivity index (χ2v) is 9.26. The molecule has 36 heavy (non-hydrogen) atoms. The zero-order valence-electron chi connectivity index (χ0n) is 20.3. The van der Waals surface area contributed by atoms with Gasteiger partial charge in [0.25, 0.3) is 0 Å². The standard InChI is InChI=1S/C26H28ClF4NO4/c1-15(2)32(24(33)17-7-5-4-6-8-17)21-13-20(28)23(12-18(21)25(34)35-3)36-22-10-9-16(14-27)11-19(22)26(29,30)31/h9-13,15,17H,4-8,14H2,1-3H3. The lowest BCUT2D eigenvalue weighted by atomic mass is 9.87. The van der Waals surface area contributed by atoms with E-state index in [2.05, 4.69) is 0 Å². The predicted octanol–water partition coefficient (Wildman–Crippen LogP) is 7.48. The van der Waals surface area contributed by atoms with Gasteiger partial charge >= 0.3 is 12.1 Å². The maximum atomic E-state index is 15.3. The highest BCUT2D eigenvalue weighted by Gasteiger charge is 2.36. The minimum absolute atomic E-state index is 0.0224. The van der Waals surface area contributed by atoms with Crippen LogP contribution in [0.25, 0.3) is 0 Å². The third kappa shape index (κ3) is 6.11. The Hall–Kier alpha value is -2.81. The van der Waals surface area contributed by atoms with Crippen molar-refractivity contribution >= 4 is 29.2 Å². The summed E-state index contributed by atoms with van der Waals surface area (Å²) in [7, 11) is 1.12. The number of amides is 1. The number of methoxy groups -OCH3 is 1. The molecule has 0 aromatic heterocycles. The van der Waals surface area contributed by atoms with E-state index in [9.17, 15) is 22.8 Å². The SMILES string of the molecule is COC(=O)c1cc(Oc2ccc(CCl)cc2C(F)(F)F)c(F)cc1N(C(=O)C1CCCCC1)C(C)C. The number of hydrogen-bond acceptors (Lipinski definition) is 4. The van der Waals surface area contributed by atoms with Gasteiger partial charge in [-0.25, -0.2) is 9.18 Å². The molecule has 0 aliphatic heterocycles. The Morgan fingerprint density at radius 1 is 1.08 bits per heavy atom. The molecule has 2 aromatic carbocycles. The van der Waals surface area contributed by atoms with E-state index in [1.807, 2.05) is 0 Å². The van der Waals surface area contributed by atoms with Crippen molar-refractivity contribution in [2.24, 2.45) is 5.92 Å². The van der Waals surface area contributed by atoms with Gasteiger partial charge in [0.05, 0.1) is 23.9 Å². The van der Waals surface area contributed by atoms with E-state index < -0.39 is 41.1 Å². The number of alkyl halides is 4. The van der Waals surface area contributed by atoms with Crippen LogP contribution >= 0.6 is 11.6 Å². The summed E-state index contributed by atoms with van der Waals surface area (Å²) < 4.78 is 66.3. The normalized spacial score (nSPS) is 14.6. The monoisotopic (exact) mass is 529 g/mol. The quantitative estimate of drug-likeness (QED) is 0.212. The molecular weight excluding hydrogens is 502 g/mol. The van der Waals surface area contributed by atoms with Crippen LogP contribution in [0.4, 0.5) is 23.2 Å². The fourth-order valence-electron chi connectivity index (χ4n) is 4.38. The number of hydrogen-bond donors (Lipinski definition) is 0. The van der Waals surface area contributed by atoms with Crippen molar-refractivity contribution in [2.45, 2.75) is 64.0 Å². The van der Waals surface area contributed by atoms with Crippen LogP contribution in [0.2, 0.25) is 0 Å². The first-order valence-corrected chi connectivity index (χ1v) is 12.2. The minimum atomic E-state index is -4.79. The van der Waals surface area contributed by atoms with Gasteiger partial charge < -0.3 is 14.4 Å². The summed E-state index contributed by atoms with van der Waals surface area (Å²) in [5.41, 5.74) is -1.15. The van der Waals surface area contributed by atoms with Crippen molar-refractivity contribution in [3.63, 3.8) is 0 Å². The van der Waals surface area contributed by atoms with Gasteiger partial charge in [0.2, 0.25) is 5.91 Å². The molecule has 0 atom stereocenters. The van der Waals surface area contributed by atoms with E-state index in [1.165, 1.54) is 11.0 Å². The minimum Gasteiger partial charge on any atom is -0.465 e. The molecule has 2 aromatic rings. The van der Waals surface area contributed by atoms with Crippen molar-refractivity contribution < 1.29 is 36.6 Å². The third-order valence-corrected chi connectivity index (χ3v) is 6.46. The van der Waals surface area contributed by atoms with Crippen LogP contribution in [0.15, 0.2) is 30.3 Å². The van der Waals surface area contributed by atoms with Crippen molar-refractivity contribution in [3.8, 4) is 11.5 Å². The fraction of sp³-hybridized carbons (Fsp3) is 0.462. The Kier molecular flexibility index (Phi) is 8.87. The lowest BCUT2D eigenvalue weighted by Gasteiger charge is -2.33. The number of carbonyl (C=O) groups excluding carboxylic acids is 2. The summed E-state index contributed by atoms with van der Waals surface area (Å²) in [5.74, 6) is -3.84. The van der Waals surface area contributed by atoms with E-state index in [0.717, 1.165) is 50.6 Å². The van der Waals surface area contributed by atoms with Crippen molar-refractivity contribution in [2.75, 3.05) is 12.0 Å². The predicted molar refractivity (Wildman–Crippen MR) is 128 cm³/mol. The van der Waals surface area contributed by atoms with E-state index in [0.29, 0.717) is 12.8 Å². The summed E-state index contributed by atoms with van der Waals surface area (Å²) >= 11 is 5.66. The van der Waals surface area contributed by atoms with Gasteiger partial charge in [-0.3, -0.25) is 4.79 Å². The van der Waals surface area contributed by atoms with E-state index >= 15 is 4.39 Å². The molecule has 196 valence electrons. The smallest absolute Gasteiger partial charge is 0.419 e. The molecule has 0 bridgehead atoms. The van der Waals surface area contributed by atoms with Crippen LogP contribution in [0.3, 0.4) is 0 Å². The maximum absolute atomic E-state index is 15.3. The van der Waals surface area contributed by atoms with Crippen molar-refractivity contribution in [1.29, 1.82) is 0 Å². The fourth-order valence-corrected chi connectivity index (χ4v) is 4.55. The number of carbonyl (C=O) groups is 2. The number of anilines is 1.